The Hall–Kier alpha value is -2.09. The number of halogens is 4. The summed E-state index contributed by atoms with van der Waals surface area (Å²) in [6, 6.07) is 2.25. The van der Waals surface area contributed by atoms with Crippen LogP contribution in [0.2, 0.25) is 5.02 Å². The lowest BCUT2D eigenvalue weighted by atomic mass is 10.2. The molecule has 1 fully saturated rings. The molecule has 0 saturated heterocycles. The average Bonchev–Trinajstić information content (AvgIpc) is 3.29. The summed E-state index contributed by atoms with van der Waals surface area (Å²) in [7, 11) is 0. The van der Waals surface area contributed by atoms with Crippen molar-refractivity contribution in [2.75, 3.05) is 5.32 Å². The molecule has 1 aliphatic carbocycles. The highest BCUT2D eigenvalue weighted by Crippen LogP contribution is 2.47. The van der Waals surface area contributed by atoms with Gasteiger partial charge in [0.05, 0.1) is 10.7 Å². The van der Waals surface area contributed by atoms with Crippen LogP contribution in [0.15, 0.2) is 24.5 Å². The second-order valence-corrected chi connectivity index (χ2v) is 6.04. The van der Waals surface area contributed by atoms with Gasteiger partial charge in [0.1, 0.15) is 6.04 Å². The maximum Gasteiger partial charge on any atom is 0.436 e. The van der Waals surface area contributed by atoms with Crippen LogP contribution < -0.4 is 5.32 Å². The molecule has 1 atom stereocenters. The topological polar surface area (TPSA) is 59.8 Å². The van der Waals surface area contributed by atoms with E-state index in [9.17, 15) is 18.0 Å². The van der Waals surface area contributed by atoms with E-state index in [0.29, 0.717) is 5.69 Å². The maximum absolute atomic E-state index is 13.1. The minimum absolute atomic E-state index is 0.0859. The number of pyridine rings is 1. The molecule has 24 heavy (non-hydrogen) atoms. The van der Waals surface area contributed by atoms with Crippen LogP contribution in [-0.4, -0.2) is 20.7 Å². The number of nitrogens with one attached hydrogen (secondary N) is 1. The minimum Gasteiger partial charge on any atom is -0.324 e. The van der Waals surface area contributed by atoms with Crippen molar-refractivity contribution in [3.05, 3.63) is 40.9 Å². The SMILES string of the molecule is CC(C(=O)Nc1ccncc1)n1nc(C(F)(F)F)c(Cl)c1C1CC1. The van der Waals surface area contributed by atoms with Gasteiger partial charge < -0.3 is 5.32 Å². The Morgan fingerprint density at radius 3 is 2.54 bits per heavy atom. The predicted molar refractivity (Wildman–Crippen MR) is 81.8 cm³/mol. The lowest BCUT2D eigenvalue weighted by molar-refractivity contribution is -0.141. The highest BCUT2D eigenvalue weighted by atomic mass is 35.5. The molecule has 0 radical (unpaired) electrons. The van der Waals surface area contributed by atoms with Crippen molar-refractivity contribution < 1.29 is 18.0 Å². The summed E-state index contributed by atoms with van der Waals surface area (Å²) in [5.41, 5.74) is -0.361. The van der Waals surface area contributed by atoms with Gasteiger partial charge in [-0.05, 0) is 31.9 Å². The fourth-order valence-electron chi connectivity index (χ4n) is 2.42. The van der Waals surface area contributed by atoms with Crippen molar-refractivity contribution in [1.82, 2.24) is 14.8 Å². The maximum atomic E-state index is 13.1. The second kappa shape index (κ2) is 6.08. The number of aromatic nitrogens is 3. The first-order valence-electron chi connectivity index (χ1n) is 7.35. The zero-order chi connectivity index (χ0) is 17.5. The summed E-state index contributed by atoms with van der Waals surface area (Å²) >= 11 is 5.91. The largest absolute Gasteiger partial charge is 0.436 e. The molecule has 0 aliphatic heterocycles. The normalized spacial score (nSPS) is 16.0. The molecule has 5 nitrogen and oxygen atoms in total. The molecule has 9 heteroatoms. The molecule has 3 rings (SSSR count). The number of carbonyl (C=O) groups excluding carboxylic acids is 1. The van der Waals surface area contributed by atoms with E-state index in [0.717, 1.165) is 17.5 Å². The van der Waals surface area contributed by atoms with Gasteiger partial charge in [-0.2, -0.15) is 18.3 Å². The van der Waals surface area contributed by atoms with Crippen molar-refractivity contribution in [1.29, 1.82) is 0 Å². The second-order valence-electron chi connectivity index (χ2n) is 5.67. The van der Waals surface area contributed by atoms with Gasteiger partial charge in [0.15, 0.2) is 5.69 Å². The Balaban J connectivity index is 1.91. The molecule has 0 aromatic carbocycles. The van der Waals surface area contributed by atoms with E-state index >= 15 is 0 Å². The molecule has 1 amide bonds. The third-order valence-corrected chi connectivity index (χ3v) is 4.19. The van der Waals surface area contributed by atoms with Gasteiger partial charge in [0.25, 0.3) is 0 Å². The van der Waals surface area contributed by atoms with Gasteiger partial charge in [0.2, 0.25) is 5.91 Å². The zero-order valence-corrected chi connectivity index (χ0v) is 13.4. The minimum atomic E-state index is -4.66. The van der Waals surface area contributed by atoms with Gasteiger partial charge in [-0.25, -0.2) is 0 Å². The molecule has 2 heterocycles. The number of nitrogens with zero attached hydrogens (tertiary/aromatic N) is 3. The molecule has 2 aromatic rings. The molecule has 1 aliphatic rings. The molecule has 0 spiro atoms. The first-order valence-corrected chi connectivity index (χ1v) is 7.73. The third-order valence-electron chi connectivity index (χ3n) is 3.81. The molecule has 128 valence electrons. The Bertz CT molecular complexity index is 756. The first-order chi connectivity index (χ1) is 11.3. The Labute approximate surface area is 140 Å². The fraction of sp³-hybridized carbons (Fsp3) is 0.400. The number of carbonyl (C=O) groups is 1. The van der Waals surface area contributed by atoms with E-state index in [1.54, 1.807) is 12.1 Å². The lowest BCUT2D eigenvalue weighted by Gasteiger charge is -2.15. The van der Waals surface area contributed by atoms with Crippen molar-refractivity contribution in [2.45, 2.75) is 37.9 Å². The fourth-order valence-corrected chi connectivity index (χ4v) is 2.81. The Morgan fingerprint density at radius 1 is 1.38 bits per heavy atom. The number of hydrogen-bond donors (Lipinski definition) is 1. The molecule has 0 bridgehead atoms. The molecule has 1 unspecified atom stereocenters. The van der Waals surface area contributed by atoms with Crippen LogP contribution in [0.3, 0.4) is 0 Å². The van der Waals surface area contributed by atoms with Gasteiger partial charge in [0, 0.05) is 24.0 Å². The van der Waals surface area contributed by atoms with Gasteiger partial charge in [-0.15, -0.1) is 0 Å². The van der Waals surface area contributed by atoms with E-state index < -0.39 is 28.8 Å². The van der Waals surface area contributed by atoms with Crippen molar-refractivity contribution in [2.24, 2.45) is 0 Å². The van der Waals surface area contributed by atoms with Crippen LogP contribution in [0.4, 0.5) is 18.9 Å². The van der Waals surface area contributed by atoms with Gasteiger partial charge >= 0.3 is 6.18 Å². The predicted octanol–water partition coefficient (Wildman–Crippen LogP) is 4.03. The Kier molecular flexibility index (Phi) is 4.25. The van der Waals surface area contributed by atoms with E-state index in [1.165, 1.54) is 19.3 Å². The highest BCUT2D eigenvalue weighted by molar-refractivity contribution is 6.32. The number of hydrogen-bond acceptors (Lipinski definition) is 3. The number of alkyl halides is 3. The molecule has 2 aromatic heterocycles. The Morgan fingerprint density at radius 2 is 2.00 bits per heavy atom. The molecule has 1 saturated carbocycles. The summed E-state index contributed by atoms with van der Waals surface area (Å²) < 4.78 is 40.3. The van der Waals surface area contributed by atoms with Crippen molar-refractivity contribution in [3.8, 4) is 0 Å². The van der Waals surface area contributed by atoms with E-state index in [4.69, 9.17) is 11.6 Å². The van der Waals surface area contributed by atoms with E-state index in [-0.39, 0.29) is 11.6 Å². The summed E-state index contributed by atoms with van der Waals surface area (Å²) in [5.74, 6) is -0.562. The van der Waals surface area contributed by atoms with Crippen LogP contribution in [-0.2, 0) is 11.0 Å². The molecular formula is C15H14ClF3N4O. The van der Waals surface area contributed by atoms with Gasteiger partial charge in [-0.3, -0.25) is 14.5 Å². The summed E-state index contributed by atoms with van der Waals surface area (Å²) in [6.45, 7) is 1.49. The number of anilines is 1. The van der Waals surface area contributed by atoms with Crippen molar-refractivity contribution in [3.63, 3.8) is 0 Å². The number of rotatable bonds is 4. The number of amides is 1. The average molecular weight is 359 g/mol. The van der Waals surface area contributed by atoms with Crippen LogP contribution in [0, 0.1) is 0 Å². The van der Waals surface area contributed by atoms with Crippen molar-refractivity contribution >= 4 is 23.2 Å². The summed E-state index contributed by atoms with van der Waals surface area (Å²) in [4.78, 5) is 16.2. The van der Waals surface area contributed by atoms with E-state index in [1.807, 2.05) is 0 Å². The summed E-state index contributed by atoms with van der Waals surface area (Å²) in [5, 5.41) is 5.81. The van der Waals surface area contributed by atoms with Crippen LogP contribution in [0.5, 0.6) is 0 Å². The highest BCUT2D eigenvalue weighted by Gasteiger charge is 2.43. The third kappa shape index (κ3) is 3.24. The van der Waals surface area contributed by atoms with Crippen LogP contribution in [0.25, 0.3) is 0 Å². The summed E-state index contributed by atoms with van der Waals surface area (Å²) in [6.07, 6.45) is -0.180. The molecule has 1 N–H and O–H groups in total. The van der Waals surface area contributed by atoms with Crippen LogP contribution in [0.1, 0.15) is 43.1 Å². The van der Waals surface area contributed by atoms with Crippen LogP contribution >= 0.6 is 11.6 Å². The standard InChI is InChI=1S/C15H14ClF3N4O/c1-8(14(24)21-10-4-6-20-7-5-10)23-12(9-2-3-9)11(16)13(22-23)15(17,18)19/h4-9H,2-3H2,1H3,(H,20,21,24). The first kappa shape index (κ1) is 16.8. The van der Waals surface area contributed by atoms with E-state index in [2.05, 4.69) is 15.4 Å². The zero-order valence-electron chi connectivity index (χ0n) is 12.6. The molecular weight excluding hydrogens is 345 g/mol. The van der Waals surface area contributed by atoms with Gasteiger partial charge in [-0.1, -0.05) is 11.6 Å². The monoisotopic (exact) mass is 358 g/mol. The quantitative estimate of drug-likeness (QED) is 0.897. The smallest absolute Gasteiger partial charge is 0.324 e. The lowest BCUT2D eigenvalue weighted by Crippen LogP contribution is -2.26.